The number of hydrazine groups is 1. The molecule has 17 heavy (non-hydrogen) atoms. The highest BCUT2D eigenvalue weighted by atomic mass is 79.9. The van der Waals surface area contributed by atoms with Crippen LogP contribution in [-0.4, -0.2) is 9.97 Å². The first-order valence-corrected chi connectivity index (χ1v) is 6.19. The van der Waals surface area contributed by atoms with Crippen molar-refractivity contribution in [2.24, 2.45) is 5.84 Å². The van der Waals surface area contributed by atoms with Crippen LogP contribution in [0.4, 0.5) is 5.82 Å². The molecular formula is C11H11BrN4O. The molecule has 0 aliphatic heterocycles. The molecule has 0 saturated carbocycles. The topological polar surface area (TPSA) is 77.0 Å². The second-order valence-electron chi connectivity index (χ2n) is 3.92. The van der Waals surface area contributed by atoms with Crippen LogP contribution in [-0.2, 0) is 12.8 Å². The van der Waals surface area contributed by atoms with Gasteiger partial charge in [-0.15, -0.1) is 0 Å². The van der Waals surface area contributed by atoms with E-state index in [0.29, 0.717) is 22.1 Å². The number of anilines is 1. The van der Waals surface area contributed by atoms with Gasteiger partial charge in [-0.2, -0.15) is 0 Å². The van der Waals surface area contributed by atoms with Crippen molar-refractivity contribution in [3.8, 4) is 11.6 Å². The minimum absolute atomic E-state index is 0.573. The summed E-state index contributed by atoms with van der Waals surface area (Å²) < 4.78 is 6.12. The number of aryl methyl sites for hydroxylation is 1. The maximum absolute atomic E-state index is 5.49. The highest BCUT2D eigenvalue weighted by Crippen LogP contribution is 2.29. The lowest BCUT2D eigenvalue weighted by Gasteiger charge is -2.07. The third-order valence-corrected chi connectivity index (χ3v) is 3.29. The van der Waals surface area contributed by atoms with Gasteiger partial charge in [0.1, 0.15) is 5.82 Å². The molecule has 88 valence electrons. The Morgan fingerprint density at radius 1 is 1.29 bits per heavy atom. The first kappa shape index (κ1) is 10.7. The molecule has 2 heterocycles. The van der Waals surface area contributed by atoms with Gasteiger partial charge in [-0.05, 0) is 47.3 Å². The summed E-state index contributed by atoms with van der Waals surface area (Å²) in [5, 5.41) is 0. The second-order valence-corrected chi connectivity index (χ2v) is 4.70. The first-order valence-electron chi connectivity index (χ1n) is 5.40. The molecule has 2 aromatic rings. The van der Waals surface area contributed by atoms with Gasteiger partial charge in [0.25, 0.3) is 0 Å². The van der Waals surface area contributed by atoms with E-state index in [4.69, 9.17) is 10.3 Å². The van der Waals surface area contributed by atoms with Crippen LogP contribution in [0.25, 0.3) is 11.6 Å². The quantitative estimate of drug-likeness (QED) is 0.656. The molecule has 6 heteroatoms. The summed E-state index contributed by atoms with van der Waals surface area (Å²) in [6, 6.07) is 3.66. The van der Waals surface area contributed by atoms with Gasteiger partial charge in [0.15, 0.2) is 16.3 Å². The Balaban J connectivity index is 2.12. The van der Waals surface area contributed by atoms with Gasteiger partial charge in [0.05, 0.1) is 0 Å². The van der Waals surface area contributed by atoms with Crippen LogP contribution in [0.2, 0.25) is 0 Å². The van der Waals surface area contributed by atoms with Crippen LogP contribution in [0.3, 0.4) is 0 Å². The molecule has 0 unspecified atom stereocenters. The lowest BCUT2D eigenvalue weighted by Crippen LogP contribution is -2.12. The van der Waals surface area contributed by atoms with Crippen LogP contribution in [0, 0.1) is 0 Å². The molecule has 1 aliphatic rings. The Bertz CT molecular complexity index is 567. The van der Waals surface area contributed by atoms with Crippen LogP contribution in [0.5, 0.6) is 0 Å². The van der Waals surface area contributed by atoms with E-state index >= 15 is 0 Å². The largest absolute Gasteiger partial charge is 0.446 e. The predicted octanol–water partition coefficient (Wildman–Crippen LogP) is 2.27. The maximum Gasteiger partial charge on any atom is 0.197 e. The Kier molecular flexibility index (Phi) is 2.60. The smallest absolute Gasteiger partial charge is 0.197 e. The van der Waals surface area contributed by atoms with Crippen molar-refractivity contribution in [3.05, 3.63) is 28.1 Å². The summed E-state index contributed by atoms with van der Waals surface area (Å²) in [7, 11) is 0. The number of nitrogens with two attached hydrogens (primary N) is 1. The van der Waals surface area contributed by atoms with E-state index in [2.05, 4.69) is 31.3 Å². The van der Waals surface area contributed by atoms with E-state index in [0.717, 1.165) is 30.5 Å². The number of hydrogen-bond acceptors (Lipinski definition) is 5. The van der Waals surface area contributed by atoms with E-state index in [9.17, 15) is 0 Å². The number of furan rings is 1. The van der Waals surface area contributed by atoms with Crippen LogP contribution < -0.4 is 11.3 Å². The molecular weight excluding hydrogens is 284 g/mol. The molecule has 1 aliphatic carbocycles. The molecule has 3 N–H and O–H groups in total. The molecule has 5 nitrogen and oxygen atoms in total. The fourth-order valence-electron chi connectivity index (χ4n) is 2.10. The van der Waals surface area contributed by atoms with Crippen molar-refractivity contribution in [1.82, 2.24) is 9.97 Å². The Hall–Kier alpha value is -1.40. The van der Waals surface area contributed by atoms with Gasteiger partial charge in [-0.3, -0.25) is 0 Å². The monoisotopic (exact) mass is 294 g/mol. The van der Waals surface area contributed by atoms with Crippen molar-refractivity contribution in [3.63, 3.8) is 0 Å². The van der Waals surface area contributed by atoms with Crippen molar-refractivity contribution < 1.29 is 4.42 Å². The minimum atomic E-state index is 0.573. The third-order valence-electron chi connectivity index (χ3n) is 2.86. The molecule has 0 spiro atoms. The lowest BCUT2D eigenvalue weighted by atomic mass is 10.2. The molecule has 0 bridgehead atoms. The molecule has 0 radical (unpaired) electrons. The summed E-state index contributed by atoms with van der Waals surface area (Å²) in [6.45, 7) is 0. The van der Waals surface area contributed by atoms with E-state index in [1.54, 1.807) is 0 Å². The second kappa shape index (κ2) is 4.12. The third kappa shape index (κ3) is 1.83. The zero-order chi connectivity index (χ0) is 11.8. The van der Waals surface area contributed by atoms with Gasteiger partial charge < -0.3 is 9.84 Å². The average Bonchev–Trinajstić information content (AvgIpc) is 2.95. The van der Waals surface area contributed by atoms with Gasteiger partial charge in [-0.25, -0.2) is 15.8 Å². The molecule has 0 amide bonds. The highest BCUT2D eigenvalue weighted by Gasteiger charge is 2.20. The Morgan fingerprint density at radius 2 is 2.18 bits per heavy atom. The van der Waals surface area contributed by atoms with Crippen molar-refractivity contribution in [2.75, 3.05) is 5.43 Å². The van der Waals surface area contributed by atoms with Gasteiger partial charge in [-0.1, -0.05) is 0 Å². The standard InChI is InChI=1S/C11H11BrN4O/c12-9-5-4-8(17-9)11-14-7-3-1-2-6(7)10(15-11)16-13/h4-5H,1-3,13H2,(H,14,15,16). The molecule has 0 aromatic carbocycles. The van der Waals surface area contributed by atoms with Crippen molar-refractivity contribution >= 4 is 21.7 Å². The van der Waals surface area contributed by atoms with Crippen LogP contribution >= 0.6 is 15.9 Å². The number of aromatic nitrogens is 2. The van der Waals surface area contributed by atoms with Crippen LogP contribution in [0.15, 0.2) is 21.2 Å². The number of rotatable bonds is 2. The number of nitrogen functional groups attached to an aromatic ring is 1. The summed E-state index contributed by atoms with van der Waals surface area (Å²) >= 11 is 3.26. The average molecular weight is 295 g/mol. The number of hydrogen-bond donors (Lipinski definition) is 2. The fraction of sp³-hybridized carbons (Fsp3) is 0.273. The minimum Gasteiger partial charge on any atom is -0.446 e. The summed E-state index contributed by atoms with van der Waals surface area (Å²) in [5.74, 6) is 7.41. The summed E-state index contributed by atoms with van der Waals surface area (Å²) in [6.07, 6.45) is 3.06. The van der Waals surface area contributed by atoms with Crippen molar-refractivity contribution in [1.29, 1.82) is 0 Å². The number of fused-ring (bicyclic) bond motifs is 1. The number of nitrogens with one attached hydrogen (secondary N) is 1. The number of halogens is 1. The van der Waals surface area contributed by atoms with E-state index < -0.39 is 0 Å². The van der Waals surface area contributed by atoms with Crippen LogP contribution in [0.1, 0.15) is 17.7 Å². The zero-order valence-electron chi connectivity index (χ0n) is 9.03. The Labute approximate surface area is 107 Å². The van der Waals surface area contributed by atoms with Gasteiger partial charge in [0.2, 0.25) is 0 Å². The first-order chi connectivity index (χ1) is 8.28. The molecule has 0 saturated heterocycles. The fourth-order valence-corrected chi connectivity index (χ4v) is 2.40. The molecule has 2 aromatic heterocycles. The highest BCUT2D eigenvalue weighted by molar-refractivity contribution is 9.10. The lowest BCUT2D eigenvalue weighted by molar-refractivity contribution is 0.551. The zero-order valence-corrected chi connectivity index (χ0v) is 10.6. The Morgan fingerprint density at radius 3 is 2.88 bits per heavy atom. The van der Waals surface area contributed by atoms with Gasteiger partial charge >= 0.3 is 0 Å². The van der Waals surface area contributed by atoms with E-state index in [1.807, 2.05) is 12.1 Å². The normalized spacial score (nSPS) is 13.8. The predicted molar refractivity (Wildman–Crippen MR) is 67.3 cm³/mol. The molecule has 0 fully saturated rings. The SMILES string of the molecule is NNc1nc(-c2ccc(Br)o2)nc2c1CCC2. The summed E-state index contributed by atoms with van der Waals surface area (Å²) in [5.41, 5.74) is 4.83. The van der Waals surface area contributed by atoms with E-state index in [-0.39, 0.29) is 0 Å². The van der Waals surface area contributed by atoms with Gasteiger partial charge in [0, 0.05) is 11.3 Å². The molecule has 0 atom stereocenters. The number of nitrogens with zero attached hydrogens (tertiary/aromatic N) is 2. The summed E-state index contributed by atoms with van der Waals surface area (Å²) in [4.78, 5) is 8.91. The molecule has 3 rings (SSSR count). The van der Waals surface area contributed by atoms with E-state index in [1.165, 1.54) is 0 Å². The van der Waals surface area contributed by atoms with Crippen molar-refractivity contribution in [2.45, 2.75) is 19.3 Å². The maximum atomic E-state index is 5.49.